The zero-order chi connectivity index (χ0) is 53.1. The number of aromatic nitrogens is 6. The smallest absolute Gasteiger partial charge is 0.417 e. The Bertz CT molecular complexity index is 3060. The number of nitrogens with zero attached hydrogens (tertiary/aromatic N) is 10. The molecule has 75 heavy (non-hydrogen) atoms. The van der Waals surface area contributed by atoms with Gasteiger partial charge in [-0.15, -0.1) is 10.2 Å². The van der Waals surface area contributed by atoms with Crippen LogP contribution in [0.2, 0.25) is 0 Å². The highest BCUT2D eigenvalue weighted by Gasteiger charge is 2.40. The number of likely N-dealkylation sites (tertiary alicyclic amines) is 1. The van der Waals surface area contributed by atoms with Crippen LogP contribution in [-0.2, 0) is 12.7 Å². The maximum absolute atomic E-state index is 16.6. The van der Waals surface area contributed by atoms with Crippen LogP contribution in [0.3, 0.4) is 0 Å². The number of ether oxygens (including phenoxy) is 1. The van der Waals surface area contributed by atoms with Gasteiger partial charge < -0.3 is 30.5 Å². The molecular weight excluding hydrogens is 990 g/mol. The summed E-state index contributed by atoms with van der Waals surface area (Å²) in [5.41, 5.74) is -0.118. The molecule has 0 spiro atoms. The largest absolute Gasteiger partial charge is 0.508 e. The van der Waals surface area contributed by atoms with Gasteiger partial charge in [0, 0.05) is 100 Å². The Hall–Kier alpha value is -6.69. The third-order valence-electron chi connectivity index (χ3n) is 15.0. The van der Waals surface area contributed by atoms with Crippen molar-refractivity contribution in [1.82, 2.24) is 55.0 Å². The number of aromatic hydroxyl groups is 2. The maximum Gasteiger partial charge on any atom is 0.417 e. The summed E-state index contributed by atoms with van der Waals surface area (Å²) in [4.78, 5) is 35.9. The number of pyridine rings is 1. The van der Waals surface area contributed by atoms with Crippen LogP contribution in [0, 0.1) is 5.82 Å². The highest BCUT2D eigenvalue weighted by Crippen LogP contribution is 2.41. The van der Waals surface area contributed by atoms with Crippen molar-refractivity contribution in [3.05, 3.63) is 95.2 Å². The second-order valence-corrected chi connectivity index (χ2v) is 20.4. The van der Waals surface area contributed by atoms with Crippen molar-refractivity contribution in [2.24, 2.45) is 0 Å². The summed E-state index contributed by atoms with van der Waals surface area (Å²) in [7, 11) is 2.02. The van der Waals surface area contributed by atoms with Crippen molar-refractivity contribution in [3.63, 3.8) is 0 Å². The van der Waals surface area contributed by atoms with E-state index in [1.165, 1.54) is 35.0 Å². The lowest BCUT2D eigenvalue weighted by molar-refractivity contribution is -0.149. The number of hydrogen-bond donors (Lipinski definition) is 4. The minimum Gasteiger partial charge on any atom is -0.508 e. The number of anilines is 1. The first kappa shape index (κ1) is 51.8. The van der Waals surface area contributed by atoms with Gasteiger partial charge in [0.2, 0.25) is 5.82 Å². The van der Waals surface area contributed by atoms with Gasteiger partial charge in [0.05, 0.1) is 16.5 Å². The van der Waals surface area contributed by atoms with Crippen LogP contribution < -0.4 is 20.3 Å². The number of phenolic OH excluding ortho intramolecular Hbond substituents is 2. The Morgan fingerprint density at radius 1 is 0.880 bits per heavy atom. The van der Waals surface area contributed by atoms with Crippen LogP contribution in [0.15, 0.2) is 66.9 Å². The summed E-state index contributed by atoms with van der Waals surface area (Å²) in [6.07, 6.45) is -5.36. The standard InChI is InChI=1S/C52H57F7N12O4/c1-28(2)37-20-38(42(73)21-41(37)72)47-65-66-48(49(74)61-29(3)51(54,55)56)71(47)33-13-9-30(10-14-33)23-68-15-17-69(18-16-68)34-19-35(67(4)26-34)27-75-50-63-45-39(46(64-50)70-24-31-11-12-32(25-70)62-31)22-60-44(43(45)53)36-7-5-6-8-40(36)52(57,58)59/h5-10,13-14,20-22,28-29,31-32,34-35,62,72-73H,11-12,15-19,23-27H2,1-4H3,(H,61,74)/t29?,31?,32?,34-,35-/m0/s1. The summed E-state index contributed by atoms with van der Waals surface area (Å²) < 4.78 is 107. The predicted octanol–water partition coefficient (Wildman–Crippen LogP) is 7.52. The summed E-state index contributed by atoms with van der Waals surface area (Å²) in [6.45, 7) is 10.4. The second-order valence-electron chi connectivity index (χ2n) is 20.4. The van der Waals surface area contributed by atoms with Crippen LogP contribution in [0.4, 0.5) is 36.6 Å². The summed E-state index contributed by atoms with van der Waals surface area (Å²) in [5.74, 6) is -2.81. The number of likely N-dealkylation sites (N-methyl/N-ethyl adjacent to an activating group) is 1. The second kappa shape index (κ2) is 20.4. The molecule has 6 aromatic rings. The Labute approximate surface area is 427 Å². The van der Waals surface area contributed by atoms with Crippen LogP contribution >= 0.6 is 0 Å². The molecule has 0 saturated carbocycles. The number of rotatable bonds is 13. The number of nitrogens with one attached hydrogen (secondary N) is 2. The summed E-state index contributed by atoms with van der Waals surface area (Å²) >= 11 is 0. The quantitative estimate of drug-likeness (QED) is 0.0837. The third-order valence-corrected chi connectivity index (χ3v) is 15.0. The minimum atomic E-state index is -4.74. The van der Waals surface area contributed by atoms with E-state index in [2.05, 4.69) is 45.1 Å². The van der Waals surface area contributed by atoms with E-state index in [0.29, 0.717) is 42.1 Å². The van der Waals surface area contributed by atoms with Crippen LogP contribution in [-0.4, -0.2) is 156 Å². The lowest BCUT2D eigenvalue weighted by Gasteiger charge is -2.38. The van der Waals surface area contributed by atoms with Gasteiger partial charge >= 0.3 is 18.4 Å². The van der Waals surface area contributed by atoms with Gasteiger partial charge in [0.15, 0.2) is 11.6 Å². The van der Waals surface area contributed by atoms with Gasteiger partial charge in [-0.3, -0.25) is 29.0 Å². The fourth-order valence-electron chi connectivity index (χ4n) is 10.8. The number of alkyl halides is 6. The summed E-state index contributed by atoms with van der Waals surface area (Å²) in [6, 6.07) is 12.9. The Morgan fingerprint density at radius 3 is 2.27 bits per heavy atom. The fourth-order valence-corrected chi connectivity index (χ4v) is 10.8. The van der Waals surface area contributed by atoms with Crippen LogP contribution in [0.25, 0.3) is 39.2 Å². The molecule has 3 aromatic carbocycles. The molecule has 4 aliphatic rings. The zero-order valence-electron chi connectivity index (χ0n) is 41.6. The number of amides is 1. The van der Waals surface area contributed by atoms with Gasteiger partial charge in [0.1, 0.15) is 41.2 Å². The molecule has 5 atom stereocenters. The Kier molecular flexibility index (Phi) is 14.1. The van der Waals surface area contributed by atoms with E-state index in [0.717, 1.165) is 76.6 Å². The molecular formula is C52H57F7N12O4. The van der Waals surface area contributed by atoms with E-state index in [4.69, 9.17) is 9.72 Å². The lowest BCUT2D eigenvalue weighted by atomic mass is 9.98. The molecule has 3 unspecified atom stereocenters. The lowest BCUT2D eigenvalue weighted by Crippen LogP contribution is -2.51. The Morgan fingerprint density at radius 2 is 1.59 bits per heavy atom. The molecule has 4 fully saturated rings. The molecule has 1 amide bonds. The predicted molar refractivity (Wildman–Crippen MR) is 264 cm³/mol. The molecule has 4 aliphatic heterocycles. The van der Waals surface area contributed by atoms with E-state index in [1.807, 2.05) is 38.3 Å². The number of hydrogen-bond acceptors (Lipinski definition) is 14. The number of carbonyl (C=O) groups excluding carboxylic acids is 1. The van der Waals surface area contributed by atoms with E-state index in [1.54, 1.807) is 12.1 Å². The molecule has 4 N–H and O–H groups in total. The van der Waals surface area contributed by atoms with E-state index in [-0.39, 0.29) is 76.7 Å². The SMILES string of the molecule is CC(C)c1cc(-c2nnc(C(=O)NC(C)C(F)(F)F)n2-c2ccc(CN3CCN([C@H]4C[C@@H](COc5nc(N6CC7CCC(C6)N7)c6cnc(-c7ccccc7C(F)(F)F)c(F)c6n5)N(C)C4)CC3)cc2)c(O)cc1O. The van der Waals surface area contributed by atoms with Crippen molar-refractivity contribution in [3.8, 4) is 45.8 Å². The molecule has 3 aromatic heterocycles. The zero-order valence-corrected chi connectivity index (χ0v) is 41.6. The highest BCUT2D eigenvalue weighted by atomic mass is 19.4. The number of carbonyl (C=O) groups is 1. The van der Waals surface area contributed by atoms with E-state index in [9.17, 15) is 41.4 Å². The third kappa shape index (κ3) is 10.6. The number of phenols is 2. The van der Waals surface area contributed by atoms with Gasteiger partial charge in [0.25, 0.3) is 5.91 Å². The average Bonchev–Trinajstić information content (AvgIpc) is 4.08. The number of piperazine rings is 2. The molecule has 16 nitrogen and oxygen atoms in total. The Balaban J connectivity index is 0.809. The first-order valence-electron chi connectivity index (χ1n) is 25.0. The van der Waals surface area contributed by atoms with Crippen molar-refractivity contribution >= 4 is 22.6 Å². The van der Waals surface area contributed by atoms with Gasteiger partial charge in [-0.05, 0) is 74.5 Å². The molecule has 0 radical (unpaired) electrons. The molecule has 398 valence electrons. The molecule has 7 heterocycles. The monoisotopic (exact) mass is 1050 g/mol. The van der Waals surface area contributed by atoms with Crippen molar-refractivity contribution < 1.29 is 50.5 Å². The van der Waals surface area contributed by atoms with Gasteiger partial charge in [-0.2, -0.15) is 36.3 Å². The average molecular weight is 1050 g/mol. The van der Waals surface area contributed by atoms with Crippen molar-refractivity contribution in [1.29, 1.82) is 0 Å². The fraction of sp³-hybridized carbons (Fsp3) is 0.462. The normalized spacial score (nSPS) is 21.4. The van der Waals surface area contributed by atoms with E-state index >= 15 is 4.39 Å². The molecule has 23 heteroatoms. The van der Waals surface area contributed by atoms with E-state index < -0.39 is 47.2 Å². The minimum absolute atomic E-state index is 0.0118. The number of fused-ring (bicyclic) bond motifs is 3. The molecule has 2 bridgehead atoms. The number of benzene rings is 3. The first-order chi connectivity index (χ1) is 35.7. The first-order valence-corrected chi connectivity index (χ1v) is 25.0. The van der Waals surface area contributed by atoms with Gasteiger partial charge in [-0.25, -0.2) is 4.39 Å². The molecule has 0 aliphatic carbocycles. The van der Waals surface area contributed by atoms with Crippen LogP contribution in [0.1, 0.15) is 73.3 Å². The molecule has 4 saturated heterocycles. The van der Waals surface area contributed by atoms with Crippen molar-refractivity contribution in [2.45, 2.75) is 95.1 Å². The summed E-state index contributed by atoms with van der Waals surface area (Å²) in [5, 5.41) is 35.4. The topological polar surface area (TPSA) is 173 Å². The van der Waals surface area contributed by atoms with Crippen LogP contribution in [0.5, 0.6) is 17.5 Å². The molecule has 10 rings (SSSR count). The maximum atomic E-state index is 16.6. The number of halogens is 7. The van der Waals surface area contributed by atoms with Crippen molar-refractivity contribution in [2.75, 3.05) is 64.4 Å². The van der Waals surface area contributed by atoms with Gasteiger partial charge in [-0.1, -0.05) is 44.2 Å². The highest BCUT2D eigenvalue weighted by molar-refractivity contribution is 5.93.